The van der Waals surface area contributed by atoms with E-state index in [1.54, 1.807) is 17.0 Å². The number of fused-ring (bicyclic) bond motifs is 1. The second-order valence-electron chi connectivity index (χ2n) is 8.52. The Kier molecular flexibility index (Phi) is 5.53. The molecule has 0 unspecified atom stereocenters. The van der Waals surface area contributed by atoms with Crippen molar-refractivity contribution in [3.05, 3.63) is 65.9 Å². The molecule has 1 atom stereocenters. The second-order valence-corrected chi connectivity index (χ2v) is 10.1. The van der Waals surface area contributed by atoms with E-state index in [1.165, 1.54) is 12.1 Å². The van der Waals surface area contributed by atoms with Crippen molar-refractivity contribution in [2.45, 2.75) is 43.7 Å². The lowest BCUT2D eigenvalue weighted by molar-refractivity contribution is 0.0994. The zero-order valence-corrected chi connectivity index (χ0v) is 18.6. The van der Waals surface area contributed by atoms with Gasteiger partial charge in [-0.3, -0.25) is 9.08 Å². The van der Waals surface area contributed by atoms with Crippen LogP contribution in [0.1, 0.15) is 25.0 Å². The number of aromatic nitrogens is 1. The summed E-state index contributed by atoms with van der Waals surface area (Å²) in [4.78, 5) is 17.5. The summed E-state index contributed by atoms with van der Waals surface area (Å²) in [5.74, 6) is 0. The molecule has 31 heavy (non-hydrogen) atoms. The Bertz CT molecular complexity index is 1200. The van der Waals surface area contributed by atoms with E-state index in [0.717, 1.165) is 22.0 Å². The Balaban J connectivity index is 1.42. The van der Waals surface area contributed by atoms with Crippen molar-refractivity contribution in [3.8, 4) is 0 Å². The molecule has 2 aromatic carbocycles. The number of carbonyl (C=O) groups is 1. The molecular weight excluding hydrogens is 416 g/mol. The molecule has 164 valence electrons. The van der Waals surface area contributed by atoms with Crippen molar-refractivity contribution in [1.29, 1.82) is 0 Å². The Hall–Kier alpha value is -2.84. The molecule has 1 aromatic heterocycles. The van der Waals surface area contributed by atoms with Crippen molar-refractivity contribution < 1.29 is 22.1 Å². The van der Waals surface area contributed by atoms with Gasteiger partial charge in [0, 0.05) is 22.6 Å². The summed E-state index contributed by atoms with van der Waals surface area (Å²) >= 11 is 0. The minimum absolute atomic E-state index is 0.0824. The molecule has 0 spiro atoms. The third kappa shape index (κ3) is 4.45. The summed E-state index contributed by atoms with van der Waals surface area (Å²) in [6.07, 6.45) is 1.46. The lowest BCUT2D eigenvalue weighted by Crippen LogP contribution is -2.46. The molecule has 0 radical (unpaired) electrons. The van der Waals surface area contributed by atoms with E-state index in [0.29, 0.717) is 6.42 Å². The average Bonchev–Trinajstić information content (AvgIpc) is 3.30. The number of H-pyrrole nitrogens is 1. The second kappa shape index (κ2) is 8.01. The van der Waals surface area contributed by atoms with Gasteiger partial charge in [0.2, 0.25) is 0 Å². The highest BCUT2D eigenvalue weighted by Gasteiger charge is 2.41. The first kappa shape index (κ1) is 21.4. The van der Waals surface area contributed by atoms with Gasteiger partial charge in [0.15, 0.2) is 0 Å². The maximum Gasteiger partial charge on any atom is 0.410 e. The van der Waals surface area contributed by atoms with Crippen LogP contribution in [0.4, 0.5) is 4.79 Å². The van der Waals surface area contributed by atoms with E-state index >= 15 is 0 Å². The molecule has 4 rings (SSSR count). The van der Waals surface area contributed by atoms with Crippen molar-refractivity contribution in [1.82, 2.24) is 9.88 Å². The van der Waals surface area contributed by atoms with Crippen LogP contribution in [0.5, 0.6) is 0 Å². The van der Waals surface area contributed by atoms with Crippen molar-refractivity contribution in [2.24, 2.45) is 0 Å². The fourth-order valence-corrected chi connectivity index (χ4v) is 4.82. The number of nitrogens with one attached hydrogen (secondary N) is 1. The van der Waals surface area contributed by atoms with Gasteiger partial charge in [0.05, 0.1) is 11.4 Å². The predicted octanol–water partition coefficient (Wildman–Crippen LogP) is 4.02. The van der Waals surface area contributed by atoms with Gasteiger partial charge < -0.3 is 9.72 Å². The van der Waals surface area contributed by atoms with Crippen molar-refractivity contribution in [2.75, 3.05) is 13.2 Å². The number of rotatable bonds is 7. The molecule has 1 aliphatic rings. The fourth-order valence-electron chi connectivity index (χ4n) is 3.88. The number of benzene rings is 2. The summed E-state index contributed by atoms with van der Waals surface area (Å²) in [6.45, 7) is 5.87. The zero-order valence-electron chi connectivity index (χ0n) is 17.8. The number of nitrogens with zero attached hydrogens (tertiary/aromatic N) is 1. The monoisotopic (exact) mass is 442 g/mol. The predicted molar refractivity (Wildman–Crippen MR) is 117 cm³/mol. The molecule has 0 bridgehead atoms. The van der Waals surface area contributed by atoms with Crippen molar-refractivity contribution >= 4 is 27.1 Å². The molecule has 1 fully saturated rings. The van der Waals surface area contributed by atoms with Gasteiger partial charge in [0.1, 0.15) is 12.7 Å². The molecule has 7 nitrogen and oxygen atoms in total. The van der Waals surface area contributed by atoms with Crippen LogP contribution in [0.3, 0.4) is 0 Å². The molecule has 2 heterocycles. The summed E-state index contributed by atoms with van der Waals surface area (Å²) in [5.41, 5.74) is 2.59. The standard InChI is InChI=1S/C23H26N2O5S/c1-16-8-10-19(11-9-16)31(27,28)29-15-18-14-25(22(26)30-18)23(2,3)12-17-13-24-21-7-5-4-6-20(17)21/h4-11,13,18,24H,12,14-15H2,1-3H3/t18-/m0/s1. The molecule has 0 aliphatic carbocycles. The molecule has 8 heteroatoms. The molecule has 1 N–H and O–H groups in total. The third-order valence-corrected chi connectivity index (χ3v) is 6.92. The SMILES string of the molecule is Cc1ccc(S(=O)(=O)OC[C@@H]2CN(C(C)(C)Cc3c[nH]c4ccccc34)C(=O)O2)cc1. The fraction of sp³-hybridized carbons (Fsp3) is 0.348. The van der Waals surface area contributed by atoms with Gasteiger partial charge in [-0.05, 0) is 51.0 Å². The first-order chi connectivity index (χ1) is 14.7. The summed E-state index contributed by atoms with van der Waals surface area (Å²) in [6, 6.07) is 14.4. The molecule has 0 saturated carbocycles. The van der Waals surface area contributed by atoms with Gasteiger partial charge in [-0.25, -0.2) is 4.79 Å². The molecule has 1 aliphatic heterocycles. The number of cyclic esters (lactones) is 1. The Morgan fingerprint density at radius 3 is 2.61 bits per heavy atom. The van der Waals surface area contributed by atoms with Crippen LogP contribution in [-0.4, -0.2) is 49.2 Å². The summed E-state index contributed by atoms with van der Waals surface area (Å²) in [5, 5.41) is 1.12. The number of hydrogen-bond donors (Lipinski definition) is 1. The van der Waals surface area contributed by atoms with Crippen LogP contribution in [-0.2, 0) is 25.5 Å². The van der Waals surface area contributed by atoms with Gasteiger partial charge in [0.25, 0.3) is 10.1 Å². The first-order valence-corrected chi connectivity index (χ1v) is 11.6. The molecule has 1 amide bonds. The van der Waals surface area contributed by atoms with E-state index in [4.69, 9.17) is 8.92 Å². The first-order valence-electron chi connectivity index (χ1n) is 10.1. The van der Waals surface area contributed by atoms with E-state index < -0.39 is 27.9 Å². The van der Waals surface area contributed by atoms with Gasteiger partial charge in [-0.15, -0.1) is 0 Å². The topological polar surface area (TPSA) is 88.7 Å². The summed E-state index contributed by atoms with van der Waals surface area (Å²) < 4.78 is 35.4. The number of amides is 1. The van der Waals surface area contributed by atoms with Gasteiger partial charge in [-0.1, -0.05) is 35.9 Å². The van der Waals surface area contributed by atoms with Crippen LogP contribution >= 0.6 is 0 Å². The summed E-state index contributed by atoms with van der Waals surface area (Å²) in [7, 11) is -3.91. The Morgan fingerprint density at radius 2 is 1.87 bits per heavy atom. The van der Waals surface area contributed by atoms with E-state index in [9.17, 15) is 13.2 Å². The number of carbonyl (C=O) groups excluding carboxylic acids is 1. The number of hydrogen-bond acceptors (Lipinski definition) is 5. The highest BCUT2D eigenvalue weighted by Crippen LogP contribution is 2.29. The van der Waals surface area contributed by atoms with Gasteiger partial charge >= 0.3 is 6.09 Å². The van der Waals surface area contributed by atoms with E-state index in [1.807, 2.05) is 51.2 Å². The maximum atomic E-state index is 12.5. The maximum absolute atomic E-state index is 12.5. The number of aryl methyl sites for hydroxylation is 1. The highest BCUT2D eigenvalue weighted by molar-refractivity contribution is 7.86. The lowest BCUT2D eigenvalue weighted by Gasteiger charge is -2.33. The average molecular weight is 443 g/mol. The molecular formula is C23H26N2O5S. The largest absolute Gasteiger partial charge is 0.442 e. The van der Waals surface area contributed by atoms with Crippen LogP contribution in [0.2, 0.25) is 0 Å². The van der Waals surface area contributed by atoms with Crippen LogP contribution < -0.4 is 0 Å². The van der Waals surface area contributed by atoms with E-state index in [2.05, 4.69) is 4.98 Å². The molecule has 3 aromatic rings. The minimum atomic E-state index is -3.91. The number of aromatic amines is 1. The number of para-hydroxylation sites is 1. The van der Waals surface area contributed by atoms with Crippen LogP contribution in [0, 0.1) is 6.92 Å². The molecule has 1 saturated heterocycles. The van der Waals surface area contributed by atoms with Crippen LogP contribution in [0.25, 0.3) is 10.9 Å². The Labute approximate surface area is 182 Å². The van der Waals surface area contributed by atoms with Gasteiger partial charge in [-0.2, -0.15) is 8.42 Å². The lowest BCUT2D eigenvalue weighted by atomic mass is 9.93. The van der Waals surface area contributed by atoms with E-state index in [-0.39, 0.29) is 18.0 Å². The normalized spacial score (nSPS) is 17.3. The van der Waals surface area contributed by atoms with Crippen molar-refractivity contribution in [3.63, 3.8) is 0 Å². The smallest absolute Gasteiger partial charge is 0.410 e. The Morgan fingerprint density at radius 1 is 1.16 bits per heavy atom. The zero-order chi connectivity index (χ0) is 22.2. The van der Waals surface area contributed by atoms with Crippen LogP contribution in [0.15, 0.2) is 59.6 Å². The number of ether oxygens (including phenoxy) is 1. The highest BCUT2D eigenvalue weighted by atomic mass is 32.2. The quantitative estimate of drug-likeness (QED) is 0.558. The third-order valence-electron chi connectivity index (χ3n) is 5.62. The minimum Gasteiger partial charge on any atom is -0.442 e.